The fourth-order valence-corrected chi connectivity index (χ4v) is 3.40. The first-order chi connectivity index (χ1) is 13.8. The Balaban J connectivity index is 1.38. The average molecular weight is 383 g/mol. The zero-order valence-corrected chi connectivity index (χ0v) is 15.8. The van der Waals surface area contributed by atoms with Crippen LogP contribution in [0.25, 0.3) is 0 Å². The molecule has 8 heteroatoms. The van der Waals surface area contributed by atoms with Gasteiger partial charge in [0, 0.05) is 38.6 Å². The summed E-state index contributed by atoms with van der Waals surface area (Å²) in [6.07, 6.45) is 5.23. The average Bonchev–Trinajstić information content (AvgIpc) is 3.27. The number of morpholine rings is 1. The second-order valence-electron chi connectivity index (χ2n) is 6.88. The molecule has 0 radical (unpaired) electrons. The van der Waals surface area contributed by atoms with E-state index in [2.05, 4.69) is 31.6 Å². The van der Waals surface area contributed by atoms with Crippen LogP contribution in [0.15, 0.2) is 36.7 Å². The van der Waals surface area contributed by atoms with Gasteiger partial charge in [0.2, 0.25) is 5.95 Å². The van der Waals surface area contributed by atoms with Gasteiger partial charge in [-0.25, -0.2) is 9.97 Å². The van der Waals surface area contributed by atoms with Crippen molar-refractivity contribution in [3.05, 3.63) is 42.2 Å². The van der Waals surface area contributed by atoms with Crippen LogP contribution < -0.4 is 15.5 Å². The highest BCUT2D eigenvalue weighted by atomic mass is 16.5. The monoisotopic (exact) mass is 383 g/mol. The molecule has 0 spiro atoms. The number of aromatic nitrogens is 2. The molecular formula is C20H25N5O3. The van der Waals surface area contributed by atoms with Crippen molar-refractivity contribution < 1.29 is 14.3 Å². The van der Waals surface area contributed by atoms with Crippen LogP contribution in [0, 0.1) is 0 Å². The number of ether oxygens (including phenoxy) is 2. The molecule has 1 aromatic carbocycles. The van der Waals surface area contributed by atoms with Gasteiger partial charge in [-0.2, -0.15) is 0 Å². The lowest BCUT2D eigenvalue weighted by Crippen LogP contribution is -2.36. The van der Waals surface area contributed by atoms with Gasteiger partial charge < -0.3 is 25.0 Å². The quantitative estimate of drug-likeness (QED) is 0.788. The normalized spacial score (nSPS) is 19.4. The molecule has 2 saturated heterocycles. The zero-order valence-electron chi connectivity index (χ0n) is 15.8. The fraction of sp³-hybridized carbons (Fsp3) is 0.450. The van der Waals surface area contributed by atoms with Gasteiger partial charge >= 0.3 is 0 Å². The van der Waals surface area contributed by atoms with E-state index in [4.69, 9.17) is 9.47 Å². The van der Waals surface area contributed by atoms with E-state index >= 15 is 0 Å². The molecule has 28 heavy (non-hydrogen) atoms. The molecule has 8 nitrogen and oxygen atoms in total. The smallest absolute Gasteiger partial charge is 0.254 e. The molecule has 1 unspecified atom stereocenters. The summed E-state index contributed by atoms with van der Waals surface area (Å²) < 4.78 is 11.0. The van der Waals surface area contributed by atoms with Crippen molar-refractivity contribution in [3.8, 4) is 0 Å². The molecule has 2 N–H and O–H groups in total. The summed E-state index contributed by atoms with van der Waals surface area (Å²) in [5.74, 6) is 0.271. The molecule has 0 saturated carbocycles. The van der Waals surface area contributed by atoms with Crippen molar-refractivity contribution in [1.82, 2.24) is 15.3 Å². The summed E-state index contributed by atoms with van der Waals surface area (Å²) in [7, 11) is 0. The van der Waals surface area contributed by atoms with Gasteiger partial charge in [0.05, 0.1) is 36.3 Å². The van der Waals surface area contributed by atoms with Crippen LogP contribution in [0.5, 0.6) is 0 Å². The number of rotatable bonds is 6. The Labute approximate surface area is 164 Å². The van der Waals surface area contributed by atoms with E-state index in [0.717, 1.165) is 57.1 Å². The third-order valence-electron chi connectivity index (χ3n) is 4.93. The SMILES string of the molecule is O=C(NCC1CCCO1)c1cnc(Nc2ccccc2N2CCOCC2)nc1. The number of nitrogens with one attached hydrogen (secondary N) is 2. The Bertz CT molecular complexity index is 787. The van der Waals surface area contributed by atoms with E-state index in [-0.39, 0.29) is 12.0 Å². The minimum Gasteiger partial charge on any atom is -0.378 e. The molecule has 1 amide bonds. The molecule has 0 bridgehead atoms. The van der Waals surface area contributed by atoms with Gasteiger partial charge in [-0.3, -0.25) is 4.79 Å². The van der Waals surface area contributed by atoms with Gasteiger partial charge in [0.1, 0.15) is 0 Å². The second kappa shape index (κ2) is 8.99. The van der Waals surface area contributed by atoms with Gasteiger partial charge in [-0.1, -0.05) is 12.1 Å². The first-order valence-corrected chi connectivity index (χ1v) is 9.70. The van der Waals surface area contributed by atoms with Crippen LogP contribution in [0.1, 0.15) is 23.2 Å². The first kappa shape index (κ1) is 18.6. The van der Waals surface area contributed by atoms with Crippen molar-refractivity contribution in [1.29, 1.82) is 0 Å². The summed E-state index contributed by atoms with van der Waals surface area (Å²) in [5, 5.41) is 6.14. The molecule has 2 aliphatic rings. The number of amides is 1. The number of nitrogens with zero attached hydrogens (tertiary/aromatic N) is 3. The Morgan fingerprint density at radius 3 is 2.68 bits per heavy atom. The van der Waals surface area contributed by atoms with E-state index in [1.165, 1.54) is 12.4 Å². The predicted molar refractivity (Wildman–Crippen MR) is 106 cm³/mol. The topological polar surface area (TPSA) is 88.6 Å². The van der Waals surface area contributed by atoms with Crippen molar-refractivity contribution in [3.63, 3.8) is 0 Å². The molecule has 1 aromatic heterocycles. The summed E-state index contributed by atoms with van der Waals surface area (Å²) >= 11 is 0. The van der Waals surface area contributed by atoms with Crippen LogP contribution in [-0.2, 0) is 9.47 Å². The number of carbonyl (C=O) groups is 1. The highest BCUT2D eigenvalue weighted by molar-refractivity contribution is 5.93. The number of carbonyl (C=O) groups excluding carboxylic acids is 1. The third-order valence-corrected chi connectivity index (χ3v) is 4.93. The largest absolute Gasteiger partial charge is 0.378 e. The molecule has 0 aliphatic carbocycles. The lowest BCUT2D eigenvalue weighted by molar-refractivity contribution is 0.0857. The second-order valence-corrected chi connectivity index (χ2v) is 6.88. The molecule has 2 fully saturated rings. The number of anilines is 3. The van der Waals surface area contributed by atoms with Crippen LogP contribution >= 0.6 is 0 Å². The van der Waals surface area contributed by atoms with Crippen molar-refractivity contribution in [2.24, 2.45) is 0 Å². The summed E-state index contributed by atoms with van der Waals surface area (Å²) in [6.45, 7) is 4.44. The summed E-state index contributed by atoms with van der Waals surface area (Å²) in [4.78, 5) is 23.1. The first-order valence-electron chi connectivity index (χ1n) is 9.70. The van der Waals surface area contributed by atoms with Gasteiger partial charge in [0.25, 0.3) is 5.91 Å². The third kappa shape index (κ3) is 4.58. The Kier molecular flexibility index (Phi) is 5.98. The highest BCUT2D eigenvalue weighted by Crippen LogP contribution is 2.28. The van der Waals surface area contributed by atoms with Crippen molar-refractivity contribution >= 4 is 23.2 Å². The van der Waals surface area contributed by atoms with E-state index in [9.17, 15) is 4.79 Å². The predicted octanol–water partition coefficient (Wildman–Crippen LogP) is 1.97. The molecule has 2 aliphatic heterocycles. The highest BCUT2D eigenvalue weighted by Gasteiger charge is 2.18. The van der Waals surface area contributed by atoms with Crippen LogP contribution in [0.2, 0.25) is 0 Å². The fourth-order valence-electron chi connectivity index (χ4n) is 3.40. The lowest BCUT2D eigenvalue weighted by atomic mass is 10.2. The van der Waals surface area contributed by atoms with Crippen molar-refractivity contribution in [2.45, 2.75) is 18.9 Å². The number of hydrogen-bond acceptors (Lipinski definition) is 7. The number of hydrogen-bond donors (Lipinski definition) is 2. The summed E-state index contributed by atoms with van der Waals surface area (Å²) in [5.41, 5.74) is 2.46. The van der Waals surface area contributed by atoms with Gasteiger partial charge in [-0.05, 0) is 25.0 Å². The maximum absolute atomic E-state index is 12.2. The Hall–Kier alpha value is -2.71. The maximum Gasteiger partial charge on any atom is 0.254 e. The lowest BCUT2D eigenvalue weighted by Gasteiger charge is -2.30. The standard InChI is InChI=1S/C20H25N5O3/c26-19(21-14-16-4-3-9-28-16)15-12-22-20(23-13-15)24-17-5-1-2-6-18(17)25-7-10-27-11-8-25/h1-2,5-6,12-13,16H,3-4,7-11,14H2,(H,21,26)(H,22,23,24). The molecule has 1 atom stereocenters. The Morgan fingerprint density at radius 1 is 1.14 bits per heavy atom. The number of benzene rings is 1. The minimum absolute atomic E-state index is 0.113. The van der Waals surface area contributed by atoms with Crippen LogP contribution in [-0.4, -0.2) is 61.4 Å². The number of para-hydroxylation sites is 2. The van der Waals surface area contributed by atoms with E-state index in [1.54, 1.807) is 0 Å². The molecular weight excluding hydrogens is 358 g/mol. The van der Waals surface area contributed by atoms with E-state index < -0.39 is 0 Å². The van der Waals surface area contributed by atoms with Gasteiger partial charge in [0.15, 0.2) is 0 Å². The molecule has 148 valence electrons. The molecule has 4 rings (SSSR count). The van der Waals surface area contributed by atoms with Crippen molar-refractivity contribution in [2.75, 3.05) is 49.7 Å². The maximum atomic E-state index is 12.2. The zero-order chi connectivity index (χ0) is 19.2. The van der Waals surface area contributed by atoms with Gasteiger partial charge in [-0.15, -0.1) is 0 Å². The Morgan fingerprint density at radius 2 is 1.93 bits per heavy atom. The summed E-state index contributed by atoms with van der Waals surface area (Å²) in [6, 6.07) is 8.05. The minimum atomic E-state index is -0.184. The van der Waals surface area contributed by atoms with Crippen LogP contribution in [0.3, 0.4) is 0 Å². The van der Waals surface area contributed by atoms with E-state index in [0.29, 0.717) is 18.1 Å². The van der Waals surface area contributed by atoms with Crippen LogP contribution in [0.4, 0.5) is 17.3 Å². The van der Waals surface area contributed by atoms with E-state index in [1.807, 2.05) is 18.2 Å². The molecule has 2 aromatic rings. The molecule has 3 heterocycles.